The Morgan fingerprint density at radius 2 is 1.18 bits per heavy atom. The Balaban J connectivity index is 1.58. The molecule has 0 amide bonds. The Morgan fingerprint density at radius 1 is 0.644 bits per heavy atom. The molecule has 0 bridgehead atoms. The van der Waals surface area contributed by atoms with Gasteiger partial charge >= 0.3 is 0 Å². The molecule has 0 spiro atoms. The van der Waals surface area contributed by atoms with Crippen LogP contribution in [-0.2, 0) is 11.8 Å². The summed E-state index contributed by atoms with van der Waals surface area (Å²) < 4.78 is 0. The third kappa shape index (κ3) is 6.43. The van der Waals surface area contributed by atoms with E-state index in [2.05, 4.69) is 75.7 Å². The Kier molecular flexibility index (Phi) is 8.35. The predicted molar refractivity (Wildman–Crippen MR) is 186 cm³/mol. The van der Waals surface area contributed by atoms with E-state index in [1.165, 1.54) is 11.1 Å². The second-order valence-electron chi connectivity index (χ2n) is 12.1. The molecule has 4 aromatic carbocycles. The summed E-state index contributed by atoms with van der Waals surface area (Å²) in [6, 6.07) is 39.2. The summed E-state index contributed by atoms with van der Waals surface area (Å²) in [5, 5.41) is 0. The molecular weight excluding hydrogens is 550 g/mol. The number of aromatic nitrogens is 4. The van der Waals surface area contributed by atoms with Gasteiger partial charge in [-0.15, -0.1) is 6.58 Å². The lowest BCUT2D eigenvalue weighted by atomic mass is 9.85. The molecule has 0 radical (unpaired) electrons. The number of benzene rings is 4. The van der Waals surface area contributed by atoms with Crippen LogP contribution in [0.2, 0.25) is 0 Å². The summed E-state index contributed by atoms with van der Waals surface area (Å²) >= 11 is 0. The van der Waals surface area contributed by atoms with Crippen molar-refractivity contribution in [3.05, 3.63) is 145 Å². The van der Waals surface area contributed by atoms with Crippen LogP contribution in [0.1, 0.15) is 31.9 Å². The van der Waals surface area contributed by atoms with Crippen molar-refractivity contribution in [2.45, 2.75) is 32.6 Å². The standard InChI is InChI=1S/C40H37N5/c1-6-16-31-25-33(40(2,3)4)23-24-35(31)45(5)39-34(26-32(27-41-39)28-17-10-7-11-18-28)38-43-36(29-19-12-8-13-20-29)42-37(44-38)30-21-14-9-15-22-30/h6-15,17-27H,1,16H2,2-5H3. The summed E-state index contributed by atoms with van der Waals surface area (Å²) in [5.41, 5.74) is 8.28. The van der Waals surface area contributed by atoms with Gasteiger partial charge < -0.3 is 4.90 Å². The highest BCUT2D eigenvalue weighted by Gasteiger charge is 2.22. The molecule has 5 nitrogen and oxygen atoms in total. The smallest absolute Gasteiger partial charge is 0.167 e. The van der Waals surface area contributed by atoms with Crippen LogP contribution in [0.4, 0.5) is 11.5 Å². The second kappa shape index (κ2) is 12.7. The molecule has 0 fully saturated rings. The Labute approximate surface area is 266 Å². The van der Waals surface area contributed by atoms with E-state index >= 15 is 0 Å². The van der Waals surface area contributed by atoms with Gasteiger partial charge in [0.05, 0.1) is 5.56 Å². The van der Waals surface area contributed by atoms with E-state index in [0.29, 0.717) is 17.5 Å². The van der Waals surface area contributed by atoms with Crippen LogP contribution in [0, 0.1) is 0 Å². The van der Waals surface area contributed by atoms with Crippen molar-refractivity contribution in [1.29, 1.82) is 0 Å². The molecule has 5 heteroatoms. The van der Waals surface area contributed by atoms with Crippen molar-refractivity contribution in [2.75, 3.05) is 11.9 Å². The molecule has 222 valence electrons. The Hall–Kier alpha value is -5.42. The van der Waals surface area contributed by atoms with Crippen molar-refractivity contribution in [1.82, 2.24) is 19.9 Å². The molecule has 2 heterocycles. The average Bonchev–Trinajstić information content (AvgIpc) is 3.08. The van der Waals surface area contributed by atoms with E-state index in [1.54, 1.807) is 0 Å². The fourth-order valence-corrected chi connectivity index (χ4v) is 5.42. The van der Waals surface area contributed by atoms with Crippen molar-refractivity contribution >= 4 is 11.5 Å². The minimum atomic E-state index is 0.0281. The van der Waals surface area contributed by atoms with E-state index in [-0.39, 0.29) is 5.41 Å². The molecule has 6 aromatic rings. The van der Waals surface area contributed by atoms with Gasteiger partial charge in [0.15, 0.2) is 17.5 Å². The molecule has 0 aliphatic carbocycles. The minimum absolute atomic E-state index is 0.0281. The molecule has 0 aliphatic heterocycles. The van der Waals surface area contributed by atoms with Gasteiger partial charge in [0, 0.05) is 35.6 Å². The summed E-state index contributed by atoms with van der Waals surface area (Å²) in [7, 11) is 2.06. The molecule has 0 saturated carbocycles. The zero-order valence-electron chi connectivity index (χ0n) is 26.3. The average molecular weight is 588 g/mol. The largest absolute Gasteiger partial charge is 0.329 e. The van der Waals surface area contributed by atoms with Gasteiger partial charge in [0.1, 0.15) is 5.82 Å². The number of hydrogen-bond donors (Lipinski definition) is 0. The lowest BCUT2D eigenvalue weighted by Crippen LogP contribution is -2.17. The van der Waals surface area contributed by atoms with Crippen LogP contribution in [0.25, 0.3) is 45.3 Å². The maximum atomic E-state index is 5.08. The Morgan fingerprint density at radius 3 is 1.71 bits per heavy atom. The number of rotatable bonds is 8. The topological polar surface area (TPSA) is 54.8 Å². The number of allylic oxidation sites excluding steroid dienone is 1. The van der Waals surface area contributed by atoms with E-state index < -0.39 is 0 Å². The summed E-state index contributed by atoms with van der Waals surface area (Å²) in [6.07, 6.45) is 4.62. The van der Waals surface area contributed by atoms with E-state index in [0.717, 1.165) is 45.7 Å². The number of anilines is 2. The van der Waals surface area contributed by atoms with Crippen LogP contribution in [0.15, 0.2) is 134 Å². The van der Waals surface area contributed by atoms with Crippen molar-refractivity contribution in [3.8, 4) is 45.3 Å². The first kappa shape index (κ1) is 29.6. The Bertz CT molecular complexity index is 1870. The third-order valence-electron chi connectivity index (χ3n) is 7.90. The summed E-state index contributed by atoms with van der Waals surface area (Å²) in [5.74, 6) is 2.54. The van der Waals surface area contributed by atoms with Gasteiger partial charge in [0.2, 0.25) is 0 Å². The van der Waals surface area contributed by atoms with Crippen LogP contribution >= 0.6 is 0 Å². The van der Waals surface area contributed by atoms with Crippen molar-refractivity contribution in [3.63, 3.8) is 0 Å². The maximum absolute atomic E-state index is 5.08. The van der Waals surface area contributed by atoms with Crippen LogP contribution < -0.4 is 4.90 Å². The molecule has 0 saturated heterocycles. The first-order valence-corrected chi connectivity index (χ1v) is 15.2. The van der Waals surface area contributed by atoms with Crippen LogP contribution in [0.3, 0.4) is 0 Å². The monoisotopic (exact) mass is 587 g/mol. The van der Waals surface area contributed by atoms with Gasteiger partial charge in [-0.25, -0.2) is 19.9 Å². The van der Waals surface area contributed by atoms with Gasteiger partial charge in [-0.3, -0.25) is 0 Å². The zero-order valence-corrected chi connectivity index (χ0v) is 26.3. The molecule has 0 N–H and O–H groups in total. The highest BCUT2D eigenvalue weighted by Crippen LogP contribution is 2.38. The first-order chi connectivity index (χ1) is 21.8. The van der Waals surface area contributed by atoms with Crippen molar-refractivity contribution < 1.29 is 0 Å². The van der Waals surface area contributed by atoms with Gasteiger partial charge in [-0.1, -0.05) is 130 Å². The molecule has 6 rings (SSSR count). The SMILES string of the molecule is C=CCc1cc(C(C)(C)C)ccc1N(C)c1ncc(-c2ccccc2)cc1-c1nc(-c2ccccc2)nc(-c2ccccc2)n1. The van der Waals surface area contributed by atoms with Gasteiger partial charge in [-0.05, 0) is 40.7 Å². The van der Waals surface area contributed by atoms with Crippen LogP contribution in [0.5, 0.6) is 0 Å². The number of hydrogen-bond acceptors (Lipinski definition) is 5. The highest BCUT2D eigenvalue weighted by atomic mass is 15.2. The van der Waals surface area contributed by atoms with Crippen LogP contribution in [-0.4, -0.2) is 27.0 Å². The lowest BCUT2D eigenvalue weighted by molar-refractivity contribution is 0.589. The zero-order chi connectivity index (χ0) is 31.4. The molecule has 0 unspecified atom stereocenters. The van der Waals surface area contributed by atoms with Gasteiger partial charge in [0.25, 0.3) is 0 Å². The summed E-state index contributed by atoms with van der Waals surface area (Å²) in [4.78, 5) is 22.3. The predicted octanol–water partition coefficient (Wildman–Crippen LogP) is 9.73. The van der Waals surface area contributed by atoms with E-state index in [1.807, 2.05) is 91.1 Å². The number of nitrogens with zero attached hydrogens (tertiary/aromatic N) is 5. The van der Waals surface area contributed by atoms with Crippen molar-refractivity contribution in [2.24, 2.45) is 0 Å². The fourth-order valence-electron chi connectivity index (χ4n) is 5.42. The van der Waals surface area contributed by atoms with E-state index in [9.17, 15) is 0 Å². The highest BCUT2D eigenvalue weighted by molar-refractivity contribution is 5.82. The minimum Gasteiger partial charge on any atom is -0.329 e. The molecule has 0 atom stereocenters. The van der Waals surface area contributed by atoms with E-state index in [4.69, 9.17) is 19.9 Å². The first-order valence-electron chi connectivity index (χ1n) is 15.2. The molecule has 45 heavy (non-hydrogen) atoms. The second-order valence-corrected chi connectivity index (χ2v) is 12.1. The maximum Gasteiger partial charge on any atom is 0.167 e. The normalized spacial score (nSPS) is 11.3. The lowest BCUT2D eigenvalue weighted by Gasteiger charge is -2.27. The van der Waals surface area contributed by atoms with Gasteiger partial charge in [-0.2, -0.15) is 0 Å². The quantitative estimate of drug-likeness (QED) is 0.166. The molecular formula is C40H37N5. The molecule has 0 aliphatic rings. The third-order valence-corrected chi connectivity index (χ3v) is 7.90. The number of pyridine rings is 1. The fraction of sp³-hybridized carbons (Fsp3) is 0.150. The molecule has 2 aromatic heterocycles. The summed E-state index contributed by atoms with van der Waals surface area (Å²) in [6.45, 7) is 10.8.